The van der Waals surface area contributed by atoms with Gasteiger partial charge in [0.2, 0.25) is 0 Å². The number of sulfonamides is 1. The molecule has 1 aliphatic rings. The highest BCUT2D eigenvalue weighted by Gasteiger charge is 2.27. The third-order valence-corrected chi connectivity index (χ3v) is 6.46. The fourth-order valence-corrected chi connectivity index (χ4v) is 4.70. The number of benzene rings is 2. The molecule has 0 fully saturated rings. The zero-order valence-electron chi connectivity index (χ0n) is 13.6. The van der Waals surface area contributed by atoms with Crippen LogP contribution in [0.3, 0.4) is 0 Å². The number of ether oxygens (including phenoxy) is 1. The van der Waals surface area contributed by atoms with Crippen molar-refractivity contribution in [3.05, 3.63) is 51.5 Å². The smallest absolute Gasteiger partial charge is 0.262 e. The van der Waals surface area contributed by atoms with Crippen LogP contribution in [0.1, 0.15) is 17.5 Å². The molecule has 1 atom stereocenters. The average molecular weight is 401 g/mol. The van der Waals surface area contributed by atoms with Gasteiger partial charge in [0, 0.05) is 11.6 Å². The fourth-order valence-electron chi connectivity index (χ4n) is 3.05. The molecule has 0 aromatic heterocycles. The van der Waals surface area contributed by atoms with E-state index in [0.29, 0.717) is 29.3 Å². The Balaban J connectivity index is 2.02. The molecule has 3 N–H and O–H groups in total. The summed E-state index contributed by atoms with van der Waals surface area (Å²) in [7, 11) is -2.21. The lowest BCUT2D eigenvalue weighted by molar-refractivity contribution is 0.402. The lowest BCUT2D eigenvalue weighted by atomic mass is 9.88. The van der Waals surface area contributed by atoms with Gasteiger partial charge in [0.25, 0.3) is 10.0 Å². The van der Waals surface area contributed by atoms with Crippen LogP contribution in [-0.2, 0) is 22.9 Å². The van der Waals surface area contributed by atoms with E-state index < -0.39 is 10.0 Å². The second-order valence-electron chi connectivity index (χ2n) is 5.96. The topological polar surface area (TPSA) is 81.4 Å². The largest absolute Gasteiger partial charge is 0.496 e. The number of fused-ring (bicyclic) bond motifs is 1. The summed E-state index contributed by atoms with van der Waals surface area (Å²) in [5, 5.41) is 0.644. The lowest BCUT2D eigenvalue weighted by Gasteiger charge is -2.25. The Morgan fingerprint density at radius 1 is 1.16 bits per heavy atom. The molecule has 134 valence electrons. The van der Waals surface area contributed by atoms with Gasteiger partial charge < -0.3 is 10.5 Å². The molecule has 0 saturated heterocycles. The Labute approximate surface area is 157 Å². The highest BCUT2D eigenvalue weighted by Crippen LogP contribution is 2.35. The third kappa shape index (κ3) is 3.72. The van der Waals surface area contributed by atoms with Crippen molar-refractivity contribution in [2.24, 2.45) is 5.73 Å². The molecule has 0 bridgehead atoms. The van der Waals surface area contributed by atoms with Crippen LogP contribution in [0.25, 0.3) is 0 Å². The first kappa shape index (κ1) is 18.3. The quantitative estimate of drug-likeness (QED) is 0.820. The number of nitrogens with two attached hydrogens (primary N) is 1. The fraction of sp³-hybridized carbons (Fsp3) is 0.294. The minimum atomic E-state index is -3.77. The maximum absolute atomic E-state index is 12.9. The normalized spacial score (nSPS) is 17.0. The van der Waals surface area contributed by atoms with Gasteiger partial charge in [-0.2, -0.15) is 0 Å². The van der Waals surface area contributed by atoms with Crippen LogP contribution >= 0.6 is 23.2 Å². The number of rotatable bonds is 4. The second-order valence-corrected chi connectivity index (χ2v) is 8.43. The van der Waals surface area contributed by atoms with Gasteiger partial charge in [0.05, 0.1) is 27.7 Å². The van der Waals surface area contributed by atoms with Crippen LogP contribution in [-0.4, -0.2) is 21.6 Å². The van der Waals surface area contributed by atoms with Crippen molar-refractivity contribution >= 4 is 38.9 Å². The number of nitrogens with one attached hydrogen (secondary N) is 1. The Hall–Kier alpha value is -1.47. The Kier molecular flexibility index (Phi) is 5.16. The summed E-state index contributed by atoms with van der Waals surface area (Å²) in [6.45, 7) is 0. The van der Waals surface area contributed by atoms with E-state index in [1.54, 1.807) is 31.4 Å². The molecule has 2 aromatic rings. The number of halogens is 2. The summed E-state index contributed by atoms with van der Waals surface area (Å²) >= 11 is 11.8. The van der Waals surface area contributed by atoms with Gasteiger partial charge in [-0.05, 0) is 55.2 Å². The van der Waals surface area contributed by atoms with Crippen molar-refractivity contribution in [1.29, 1.82) is 0 Å². The molecule has 0 spiro atoms. The van der Waals surface area contributed by atoms with Crippen LogP contribution in [0.15, 0.2) is 35.2 Å². The zero-order chi connectivity index (χ0) is 18.2. The van der Waals surface area contributed by atoms with Gasteiger partial charge in [0.1, 0.15) is 5.75 Å². The summed E-state index contributed by atoms with van der Waals surface area (Å²) < 4.78 is 33.7. The van der Waals surface area contributed by atoms with Crippen LogP contribution in [0, 0.1) is 0 Å². The zero-order valence-corrected chi connectivity index (χ0v) is 15.9. The maximum Gasteiger partial charge on any atom is 0.262 e. The first-order valence-corrected chi connectivity index (χ1v) is 9.98. The Morgan fingerprint density at radius 3 is 2.60 bits per heavy atom. The van der Waals surface area contributed by atoms with E-state index in [1.807, 2.05) is 0 Å². The highest BCUT2D eigenvalue weighted by atomic mass is 35.5. The van der Waals surface area contributed by atoms with E-state index in [4.69, 9.17) is 33.7 Å². The minimum absolute atomic E-state index is 0.00221. The summed E-state index contributed by atoms with van der Waals surface area (Å²) in [5.41, 5.74) is 8.01. The van der Waals surface area contributed by atoms with E-state index in [9.17, 15) is 8.42 Å². The van der Waals surface area contributed by atoms with Crippen molar-refractivity contribution in [2.75, 3.05) is 11.8 Å². The molecule has 25 heavy (non-hydrogen) atoms. The van der Waals surface area contributed by atoms with E-state index >= 15 is 0 Å². The molecule has 0 saturated carbocycles. The Morgan fingerprint density at radius 2 is 1.92 bits per heavy atom. The molecule has 0 heterocycles. The van der Waals surface area contributed by atoms with Crippen LogP contribution < -0.4 is 15.2 Å². The van der Waals surface area contributed by atoms with Crippen molar-refractivity contribution in [3.63, 3.8) is 0 Å². The monoisotopic (exact) mass is 400 g/mol. The first-order chi connectivity index (χ1) is 11.8. The SMILES string of the molecule is COc1ccc(S(=O)(=O)Nc2ccc(Cl)c(Cl)c2)c2c1C[C@@H](N)CC2. The number of methoxy groups -OCH3 is 1. The molecule has 3 rings (SSSR count). The molecule has 8 heteroatoms. The van der Waals surface area contributed by atoms with E-state index in [2.05, 4.69) is 4.72 Å². The molecule has 0 amide bonds. The summed E-state index contributed by atoms with van der Waals surface area (Å²) in [6, 6.07) is 7.83. The second kappa shape index (κ2) is 7.03. The number of anilines is 1. The van der Waals surface area contributed by atoms with Gasteiger partial charge in [0.15, 0.2) is 0 Å². The summed E-state index contributed by atoms with van der Waals surface area (Å²) in [4.78, 5) is 0.237. The molecule has 1 aliphatic carbocycles. The molecule has 0 aliphatic heterocycles. The molecular formula is C17H18Cl2N2O3S. The lowest BCUT2D eigenvalue weighted by Crippen LogP contribution is -2.29. The first-order valence-electron chi connectivity index (χ1n) is 7.74. The van der Waals surface area contributed by atoms with Gasteiger partial charge >= 0.3 is 0 Å². The van der Waals surface area contributed by atoms with Gasteiger partial charge in [-0.3, -0.25) is 4.72 Å². The predicted molar refractivity (Wildman–Crippen MR) is 100 cm³/mol. The number of hydrogen-bond acceptors (Lipinski definition) is 4. The maximum atomic E-state index is 12.9. The predicted octanol–water partition coefficient (Wildman–Crippen LogP) is 3.62. The molecular weight excluding hydrogens is 383 g/mol. The van der Waals surface area contributed by atoms with Gasteiger partial charge in [-0.1, -0.05) is 23.2 Å². The van der Waals surface area contributed by atoms with Crippen molar-refractivity contribution in [1.82, 2.24) is 0 Å². The van der Waals surface area contributed by atoms with Crippen molar-refractivity contribution in [2.45, 2.75) is 30.2 Å². The molecule has 0 radical (unpaired) electrons. The van der Waals surface area contributed by atoms with Crippen LogP contribution in [0.4, 0.5) is 5.69 Å². The van der Waals surface area contributed by atoms with Crippen LogP contribution in [0.5, 0.6) is 5.75 Å². The molecule has 0 unspecified atom stereocenters. The van der Waals surface area contributed by atoms with Crippen molar-refractivity contribution in [3.8, 4) is 5.75 Å². The highest BCUT2D eigenvalue weighted by molar-refractivity contribution is 7.92. The summed E-state index contributed by atoms with van der Waals surface area (Å²) in [6.07, 6.45) is 1.91. The number of hydrogen-bond donors (Lipinski definition) is 2. The van der Waals surface area contributed by atoms with Crippen molar-refractivity contribution < 1.29 is 13.2 Å². The minimum Gasteiger partial charge on any atom is -0.496 e. The standard InChI is InChI=1S/C17H18Cl2N2O3S/c1-24-16-6-7-17(12-4-2-10(20)8-13(12)16)25(22,23)21-11-3-5-14(18)15(19)9-11/h3,5-7,9-10,21H,2,4,8,20H2,1H3/t10-/m0/s1. The summed E-state index contributed by atoms with van der Waals surface area (Å²) in [5.74, 6) is 0.665. The van der Waals surface area contributed by atoms with E-state index in [1.165, 1.54) is 6.07 Å². The Bertz CT molecular complexity index is 916. The van der Waals surface area contributed by atoms with E-state index in [0.717, 1.165) is 17.5 Å². The van der Waals surface area contributed by atoms with Gasteiger partial charge in [-0.15, -0.1) is 0 Å². The van der Waals surface area contributed by atoms with E-state index in [-0.39, 0.29) is 16.0 Å². The van der Waals surface area contributed by atoms with Gasteiger partial charge in [-0.25, -0.2) is 8.42 Å². The van der Waals surface area contributed by atoms with Crippen LogP contribution in [0.2, 0.25) is 10.0 Å². The average Bonchev–Trinajstić information content (AvgIpc) is 2.56. The third-order valence-electron chi connectivity index (χ3n) is 4.26. The molecule has 5 nitrogen and oxygen atoms in total. The molecule has 2 aromatic carbocycles.